The zero-order valence-electron chi connectivity index (χ0n) is 11.3. The van der Waals surface area contributed by atoms with Crippen LogP contribution in [0, 0.1) is 5.92 Å². The highest BCUT2D eigenvalue weighted by atomic mass is 16.3. The van der Waals surface area contributed by atoms with Gasteiger partial charge < -0.3 is 14.1 Å². The van der Waals surface area contributed by atoms with Gasteiger partial charge in [-0.3, -0.25) is 0 Å². The van der Waals surface area contributed by atoms with Gasteiger partial charge in [0.15, 0.2) is 5.89 Å². The average molecular weight is 250 g/mol. The molecule has 0 aromatic carbocycles. The summed E-state index contributed by atoms with van der Waals surface area (Å²) in [5.41, 5.74) is 0.750. The number of oxazole rings is 1. The van der Waals surface area contributed by atoms with E-state index in [1.807, 2.05) is 0 Å². The molecule has 2 heterocycles. The Kier molecular flexibility index (Phi) is 4.53. The average Bonchev–Trinajstić information content (AvgIpc) is 2.78. The number of nitrogens with zero attached hydrogens (tertiary/aromatic N) is 2. The van der Waals surface area contributed by atoms with Crippen molar-refractivity contribution in [1.29, 1.82) is 0 Å². The number of hydrogen-bond donors (Lipinski definition) is 0. The lowest BCUT2D eigenvalue weighted by atomic mass is 9.93. The van der Waals surface area contributed by atoms with Gasteiger partial charge in [0.05, 0.1) is 5.69 Å². The Bertz CT molecular complexity index is 379. The first-order valence-corrected chi connectivity index (χ1v) is 6.80. The summed E-state index contributed by atoms with van der Waals surface area (Å²) in [6.07, 6.45) is 6.16. The predicted octanol–water partition coefficient (Wildman–Crippen LogP) is 2.08. The Morgan fingerprint density at radius 2 is 2.22 bits per heavy atom. The van der Waals surface area contributed by atoms with Crippen LogP contribution in [0.25, 0.3) is 0 Å². The molecule has 1 aromatic rings. The van der Waals surface area contributed by atoms with E-state index in [2.05, 4.69) is 23.7 Å². The van der Waals surface area contributed by atoms with Crippen LogP contribution in [0.4, 0.5) is 0 Å². The van der Waals surface area contributed by atoms with Crippen LogP contribution in [0.2, 0.25) is 0 Å². The molecule has 1 fully saturated rings. The van der Waals surface area contributed by atoms with Gasteiger partial charge in [0.1, 0.15) is 12.5 Å². The first kappa shape index (κ1) is 13.3. The van der Waals surface area contributed by atoms with E-state index in [-0.39, 0.29) is 0 Å². The fourth-order valence-electron chi connectivity index (χ4n) is 2.54. The van der Waals surface area contributed by atoms with E-state index in [9.17, 15) is 4.79 Å². The van der Waals surface area contributed by atoms with Crippen molar-refractivity contribution in [2.45, 2.75) is 45.6 Å². The van der Waals surface area contributed by atoms with Crippen LogP contribution in [0.3, 0.4) is 0 Å². The number of carbonyl (C=O) groups is 1. The molecule has 0 bridgehead atoms. The zero-order valence-corrected chi connectivity index (χ0v) is 11.3. The van der Waals surface area contributed by atoms with Crippen molar-refractivity contribution in [2.75, 3.05) is 13.1 Å². The molecule has 100 valence electrons. The van der Waals surface area contributed by atoms with E-state index >= 15 is 0 Å². The molecule has 0 radical (unpaired) electrons. The second-order valence-electron chi connectivity index (χ2n) is 5.38. The van der Waals surface area contributed by atoms with Crippen LogP contribution in [0.15, 0.2) is 10.7 Å². The lowest BCUT2D eigenvalue weighted by molar-refractivity contribution is -0.107. The van der Waals surface area contributed by atoms with Crippen molar-refractivity contribution in [3.63, 3.8) is 0 Å². The molecule has 4 heteroatoms. The van der Waals surface area contributed by atoms with Crippen LogP contribution in [-0.4, -0.2) is 35.3 Å². The summed E-state index contributed by atoms with van der Waals surface area (Å²) in [4.78, 5) is 17.2. The molecule has 0 N–H and O–H groups in total. The van der Waals surface area contributed by atoms with Gasteiger partial charge >= 0.3 is 0 Å². The van der Waals surface area contributed by atoms with E-state index in [4.69, 9.17) is 4.42 Å². The Hall–Kier alpha value is -1.16. The molecule has 1 aliphatic heterocycles. The highest BCUT2D eigenvalue weighted by molar-refractivity contribution is 5.53. The molecule has 0 amide bonds. The molecular formula is C14H22N2O2. The molecule has 1 aliphatic rings. The van der Waals surface area contributed by atoms with Crippen molar-refractivity contribution in [1.82, 2.24) is 9.88 Å². The standard InChI is InChI=1S/C14H22N2O2/c1-11(2)16-6-3-12(4-7-16)9-14-15-13(5-8-17)10-18-14/h8,10-12H,3-7,9H2,1-2H3. The second-order valence-corrected chi connectivity index (χ2v) is 5.38. The van der Waals surface area contributed by atoms with Gasteiger partial charge in [0, 0.05) is 18.9 Å². The Morgan fingerprint density at radius 3 is 2.83 bits per heavy atom. The normalized spacial score (nSPS) is 18.4. The van der Waals surface area contributed by atoms with Gasteiger partial charge in [-0.2, -0.15) is 0 Å². The van der Waals surface area contributed by atoms with Crippen molar-refractivity contribution < 1.29 is 9.21 Å². The Balaban J connectivity index is 1.81. The highest BCUT2D eigenvalue weighted by Gasteiger charge is 2.22. The minimum atomic E-state index is 0.356. The highest BCUT2D eigenvalue weighted by Crippen LogP contribution is 2.22. The molecule has 4 nitrogen and oxygen atoms in total. The minimum absolute atomic E-state index is 0.356. The summed E-state index contributed by atoms with van der Waals surface area (Å²) >= 11 is 0. The maximum absolute atomic E-state index is 10.4. The summed E-state index contributed by atoms with van der Waals surface area (Å²) < 4.78 is 5.41. The van der Waals surface area contributed by atoms with Gasteiger partial charge in [-0.25, -0.2) is 4.98 Å². The van der Waals surface area contributed by atoms with Crippen molar-refractivity contribution >= 4 is 6.29 Å². The van der Waals surface area contributed by atoms with Crippen LogP contribution in [-0.2, 0) is 17.6 Å². The van der Waals surface area contributed by atoms with Gasteiger partial charge in [0.2, 0.25) is 0 Å². The quantitative estimate of drug-likeness (QED) is 0.751. The second kappa shape index (κ2) is 6.14. The molecule has 1 saturated heterocycles. The number of hydrogen-bond acceptors (Lipinski definition) is 4. The molecule has 1 aromatic heterocycles. The van der Waals surface area contributed by atoms with Gasteiger partial charge in [-0.15, -0.1) is 0 Å². The van der Waals surface area contributed by atoms with E-state index in [0.29, 0.717) is 18.4 Å². The third-order valence-electron chi connectivity index (χ3n) is 3.73. The van der Waals surface area contributed by atoms with Crippen molar-refractivity contribution in [2.24, 2.45) is 5.92 Å². The van der Waals surface area contributed by atoms with Crippen LogP contribution in [0.1, 0.15) is 38.3 Å². The fraction of sp³-hybridized carbons (Fsp3) is 0.714. The molecule has 0 spiro atoms. The zero-order chi connectivity index (χ0) is 13.0. The molecule has 2 rings (SSSR count). The van der Waals surface area contributed by atoms with E-state index in [1.165, 1.54) is 25.9 Å². The lowest BCUT2D eigenvalue weighted by Crippen LogP contribution is -2.38. The third kappa shape index (κ3) is 3.42. The summed E-state index contributed by atoms with van der Waals surface area (Å²) in [6.45, 7) is 6.84. The number of aldehydes is 1. The molecule has 0 unspecified atom stereocenters. The van der Waals surface area contributed by atoms with Gasteiger partial charge in [0.25, 0.3) is 0 Å². The van der Waals surface area contributed by atoms with E-state index < -0.39 is 0 Å². The number of rotatable bonds is 5. The summed E-state index contributed by atoms with van der Waals surface area (Å²) in [5, 5.41) is 0. The third-order valence-corrected chi connectivity index (χ3v) is 3.73. The predicted molar refractivity (Wildman–Crippen MR) is 69.4 cm³/mol. The van der Waals surface area contributed by atoms with E-state index in [0.717, 1.165) is 24.3 Å². The Labute approximate surface area is 108 Å². The number of aromatic nitrogens is 1. The maximum Gasteiger partial charge on any atom is 0.194 e. The minimum Gasteiger partial charge on any atom is -0.449 e. The van der Waals surface area contributed by atoms with Gasteiger partial charge in [-0.05, 0) is 45.7 Å². The SMILES string of the molecule is CC(C)N1CCC(Cc2nc(CC=O)co2)CC1. The van der Waals surface area contributed by atoms with Crippen molar-refractivity contribution in [3.8, 4) is 0 Å². The summed E-state index contributed by atoms with van der Waals surface area (Å²) in [7, 11) is 0. The molecule has 0 atom stereocenters. The first-order valence-electron chi connectivity index (χ1n) is 6.80. The van der Waals surface area contributed by atoms with Crippen LogP contribution in [0.5, 0.6) is 0 Å². The Morgan fingerprint density at radius 1 is 1.50 bits per heavy atom. The van der Waals surface area contributed by atoms with Crippen LogP contribution >= 0.6 is 0 Å². The van der Waals surface area contributed by atoms with Crippen LogP contribution < -0.4 is 0 Å². The summed E-state index contributed by atoms with van der Waals surface area (Å²) in [6, 6.07) is 0.645. The fourth-order valence-corrected chi connectivity index (χ4v) is 2.54. The smallest absolute Gasteiger partial charge is 0.194 e. The molecule has 18 heavy (non-hydrogen) atoms. The molecule has 0 aliphatic carbocycles. The largest absolute Gasteiger partial charge is 0.449 e. The monoisotopic (exact) mass is 250 g/mol. The molecule has 0 saturated carbocycles. The lowest BCUT2D eigenvalue weighted by Gasteiger charge is -2.34. The number of piperidine rings is 1. The maximum atomic E-state index is 10.4. The van der Waals surface area contributed by atoms with Gasteiger partial charge in [-0.1, -0.05) is 0 Å². The van der Waals surface area contributed by atoms with E-state index in [1.54, 1.807) is 6.26 Å². The van der Waals surface area contributed by atoms with Crippen molar-refractivity contribution in [3.05, 3.63) is 17.8 Å². The molecular weight excluding hydrogens is 228 g/mol. The first-order chi connectivity index (χ1) is 8.69. The number of likely N-dealkylation sites (tertiary alicyclic amines) is 1. The topological polar surface area (TPSA) is 46.3 Å². The number of carbonyl (C=O) groups excluding carboxylic acids is 1. The summed E-state index contributed by atoms with van der Waals surface area (Å²) in [5.74, 6) is 1.46.